The third-order valence-electron chi connectivity index (χ3n) is 3.00. The van der Waals surface area contributed by atoms with E-state index >= 15 is 0 Å². The average molecular weight is 223 g/mol. The molecule has 0 saturated carbocycles. The first-order valence-electron chi connectivity index (χ1n) is 5.75. The summed E-state index contributed by atoms with van der Waals surface area (Å²) in [7, 11) is 0. The number of nitrogens with one attached hydrogen (secondary N) is 1. The Kier molecular flexibility index (Phi) is 3.56. The molecule has 5 heteroatoms. The molecule has 0 amide bonds. The van der Waals surface area contributed by atoms with E-state index < -0.39 is 5.97 Å². The van der Waals surface area contributed by atoms with Crippen LogP contribution in [0.25, 0.3) is 0 Å². The van der Waals surface area contributed by atoms with Gasteiger partial charge >= 0.3 is 5.97 Å². The second kappa shape index (κ2) is 5.12. The first-order chi connectivity index (χ1) is 7.77. The molecule has 1 saturated heterocycles. The summed E-state index contributed by atoms with van der Waals surface area (Å²) in [6.07, 6.45) is 6.43. The van der Waals surface area contributed by atoms with Gasteiger partial charge in [-0.3, -0.25) is 4.90 Å². The van der Waals surface area contributed by atoms with E-state index in [2.05, 4.69) is 14.9 Å². The lowest BCUT2D eigenvalue weighted by molar-refractivity contribution is 0.0688. The van der Waals surface area contributed by atoms with Crippen LogP contribution in [-0.2, 0) is 6.54 Å². The van der Waals surface area contributed by atoms with Crippen LogP contribution >= 0.6 is 0 Å². The number of aromatic carboxylic acids is 1. The predicted octanol–water partition coefficient (Wildman–Crippen LogP) is 1.48. The van der Waals surface area contributed by atoms with E-state index in [-0.39, 0.29) is 5.69 Å². The molecule has 0 aromatic carbocycles. The molecule has 0 unspecified atom stereocenters. The Morgan fingerprint density at radius 2 is 2.06 bits per heavy atom. The monoisotopic (exact) mass is 223 g/mol. The maximum Gasteiger partial charge on any atom is 0.356 e. The van der Waals surface area contributed by atoms with Gasteiger partial charge in [-0.25, -0.2) is 9.78 Å². The summed E-state index contributed by atoms with van der Waals surface area (Å²) >= 11 is 0. The van der Waals surface area contributed by atoms with Gasteiger partial charge in [0.15, 0.2) is 5.69 Å². The number of carboxylic acids is 1. The Hall–Kier alpha value is -1.36. The Morgan fingerprint density at radius 3 is 2.69 bits per heavy atom. The number of aromatic amines is 1. The number of aromatic nitrogens is 2. The third kappa shape index (κ3) is 2.61. The molecule has 1 aromatic rings. The normalized spacial score (nSPS) is 18.2. The summed E-state index contributed by atoms with van der Waals surface area (Å²) in [5.41, 5.74) is 0.874. The average Bonchev–Trinajstić information content (AvgIpc) is 2.55. The van der Waals surface area contributed by atoms with Crippen LogP contribution in [0.3, 0.4) is 0 Å². The molecule has 2 N–H and O–H groups in total. The van der Waals surface area contributed by atoms with Gasteiger partial charge in [0.2, 0.25) is 0 Å². The lowest BCUT2D eigenvalue weighted by Gasteiger charge is -2.18. The Labute approximate surface area is 94.5 Å². The number of imidazole rings is 1. The molecule has 0 spiro atoms. The molecule has 5 nitrogen and oxygen atoms in total. The molecule has 2 heterocycles. The van der Waals surface area contributed by atoms with Crippen LogP contribution in [-0.4, -0.2) is 39.0 Å². The number of carboxylic acid groups (broad SMARTS) is 1. The van der Waals surface area contributed by atoms with E-state index in [9.17, 15) is 4.79 Å². The predicted molar refractivity (Wildman–Crippen MR) is 59.3 cm³/mol. The van der Waals surface area contributed by atoms with E-state index in [4.69, 9.17) is 5.11 Å². The molecule has 1 aliphatic heterocycles. The minimum atomic E-state index is -0.953. The van der Waals surface area contributed by atoms with Gasteiger partial charge in [-0.1, -0.05) is 12.8 Å². The van der Waals surface area contributed by atoms with Crippen LogP contribution in [0.4, 0.5) is 0 Å². The fourth-order valence-electron chi connectivity index (χ4n) is 2.14. The molecule has 1 aliphatic rings. The second-order valence-electron chi connectivity index (χ2n) is 4.23. The molecule has 0 atom stereocenters. The lowest BCUT2D eigenvalue weighted by Crippen LogP contribution is -2.25. The zero-order valence-corrected chi connectivity index (χ0v) is 9.28. The minimum Gasteiger partial charge on any atom is -0.476 e. The largest absolute Gasteiger partial charge is 0.476 e. The van der Waals surface area contributed by atoms with Crippen molar-refractivity contribution in [2.24, 2.45) is 0 Å². The van der Waals surface area contributed by atoms with Gasteiger partial charge in [-0.05, 0) is 25.9 Å². The van der Waals surface area contributed by atoms with Crippen LogP contribution in [0.1, 0.15) is 41.9 Å². The quantitative estimate of drug-likeness (QED) is 0.814. The topological polar surface area (TPSA) is 69.2 Å². The summed E-state index contributed by atoms with van der Waals surface area (Å²) in [6.45, 7) is 2.78. The van der Waals surface area contributed by atoms with Crippen molar-refractivity contribution in [3.05, 3.63) is 17.7 Å². The van der Waals surface area contributed by atoms with Crippen LogP contribution in [0, 0.1) is 0 Å². The summed E-state index contributed by atoms with van der Waals surface area (Å²) in [5, 5.41) is 8.94. The Morgan fingerprint density at radius 1 is 1.38 bits per heavy atom. The van der Waals surface area contributed by atoms with Crippen LogP contribution in [0.5, 0.6) is 0 Å². The summed E-state index contributed by atoms with van der Waals surface area (Å²) in [4.78, 5) is 19.9. The minimum absolute atomic E-state index is 0.157. The molecule has 0 aliphatic carbocycles. The van der Waals surface area contributed by atoms with Gasteiger partial charge in [0.25, 0.3) is 0 Å². The van der Waals surface area contributed by atoms with Crippen molar-refractivity contribution in [1.29, 1.82) is 0 Å². The van der Waals surface area contributed by atoms with Crippen LogP contribution < -0.4 is 0 Å². The number of H-pyrrole nitrogens is 1. The van der Waals surface area contributed by atoms with Crippen molar-refractivity contribution in [2.45, 2.75) is 32.2 Å². The highest BCUT2D eigenvalue weighted by molar-refractivity contribution is 5.86. The number of nitrogens with zero attached hydrogens (tertiary/aromatic N) is 2. The Balaban J connectivity index is 2.01. The van der Waals surface area contributed by atoms with Crippen LogP contribution in [0.2, 0.25) is 0 Å². The van der Waals surface area contributed by atoms with Gasteiger partial charge in [0.1, 0.15) is 0 Å². The number of hydrogen-bond acceptors (Lipinski definition) is 3. The molecular weight excluding hydrogens is 206 g/mol. The highest BCUT2D eigenvalue weighted by Gasteiger charge is 2.16. The number of rotatable bonds is 3. The molecular formula is C11H17N3O2. The maximum absolute atomic E-state index is 10.9. The first kappa shape index (κ1) is 11.1. The highest BCUT2D eigenvalue weighted by atomic mass is 16.4. The maximum atomic E-state index is 10.9. The summed E-state index contributed by atoms with van der Waals surface area (Å²) in [5.74, 6) is -0.953. The number of carbonyl (C=O) groups is 1. The molecule has 88 valence electrons. The Bertz CT molecular complexity index is 354. The molecule has 0 bridgehead atoms. The smallest absolute Gasteiger partial charge is 0.356 e. The molecule has 1 fully saturated rings. The SMILES string of the molecule is O=C(O)c1nc[nH]c1CN1CCCCCC1. The van der Waals surface area contributed by atoms with Crippen LogP contribution in [0.15, 0.2) is 6.33 Å². The van der Waals surface area contributed by atoms with Crippen molar-refractivity contribution < 1.29 is 9.90 Å². The van der Waals surface area contributed by atoms with E-state index in [1.807, 2.05) is 0 Å². The highest BCUT2D eigenvalue weighted by Crippen LogP contribution is 2.13. The zero-order chi connectivity index (χ0) is 11.4. The van der Waals surface area contributed by atoms with E-state index in [0.29, 0.717) is 6.54 Å². The standard InChI is InChI=1S/C11H17N3O2/c15-11(16)10-9(12-8-13-10)7-14-5-3-1-2-4-6-14/h8H,1-7H2,(H,12,13)(H,15,16). The zero-order valence-electron chi connectivity index (χ0n) is 9.28. The van der Waals surface area contributed by atoms with E-state index in [1.165, 1.54) is 32.0 Å². The molecule has 2 rings (SSSR count). The number of hydrogen-bond donors (Lipinski definition) is 2. The fourth-order valence-corrected chi connectivity index (χ4v) is 2.14. The van der Waals surface area contributed by atoms with Gasteiger partial charge in [-0.15, -0.1) is 0 Å². The van der Waals surface area contributed by atoms with Crippen molar-refractivity contribution in [3.63, 3.8) is 0 Å². The van der Waals surface area contributed by atoms with E-state index in [0.717, 1.165) is 18.8 Å². The molecule has 1 aromatic heterocycles. The number of likely N-dealkylation sites (tertiary alicyclic amines) is 1. The second-order valence-corrected chi connectivity index (χ2v) is 4.23. The van der Waals surface area contributed by atoms with E-state index in [1.54, 1.807) is 0 Å². The van der Waals surface area contributed by atoms with Crippen molar-refractivity contribution in [2.75, 3.05) is 13.1 Å². The fraction of sp³-hybridized carbons (Fsp3) is 0.636. The summed E-state index contributed by atoms with van der Waals surface area (Å²) < 4.78 is 0. The lowest BCUT2D eigenvalue weighted by atomic mass is 10.2. The van der Waals surface area contributed by atoms with Gasteiger partial charge < -0.3 is 10.1 Å². The first-order valence-corrected chi connectivity index (χ1v) is 5.75. The van der Waals surface area contributed by atoms with Crippen molar-refractivity contribution >= 4 is 5.97 Å². The van der Waals surface area contributed by atoms with Crippen molar-refractivity contribution in [1.82, 2.24) is 14.9 Å². The van der Waals surface area contributed by atoms with Crippen molar-refractivity contribution in [3.8, 4) is 0 Å². The van der Waals surface area contributed by atoms with Gasteiger partial charge in [0, 0.05) is 6.54 Å². The van der Waals surface area contributed by atoms with Gasteiger partial charge in [0.05, 0.1) is 12.0 Å². The third-order valence-corrected chi connectivity index (χ3v) is 3.00. The molecule has 16 heavy (non-hydrogen) atoms. The van der Waals surface area contributed by atoms with Gasteiger partial charge in [-0.2, -0.15) is 0 Å². The molecule has 0 radical (unpaired) electrons. The summed E-state index contributed by atoms with van der Waals surface area (Å²) in [6, 6.07) is 0.